The summed E-state index contributed by atoms with van der Waals surface area (Å²) in [5.41, 5.74) is 11.2. The van der Waals surface area contributed by atoms with Crippen LogP contribution < -0.4 is 10.6 Å². The lowest BCUT2D eigenvalue weighted by atomic mass is 10.1. The second-order valence-corrected chi connectivity index (χ2v) is 5.25. The lowest BCUT2D eigenvalue weighted by Gasteiger charge is -2.22. The number of aryl methyl sites for hydroxylation is 1. The molecular weight excluding hydrogens is 258 g/mol. The van der Waals surface area contributed by atoms with Gasteiger partial charge in [0.05, 0.1) is 16.9 Å². The number of nitrogens with two attached hydrogens (primary N) is 1. The molecule has 3 heteroatoms. The van der Waals surface area contributed by atoms with Crippen LogP contribution in [-0.4, -0.2) is 12.0 Å². The van der Waals surface area contributed by atoms with Crippen molar-refractivity contribution in [2.24, 2.45) is 5.73 Å². The fourth-order valence-corrected chi connectivity index (χ4v) is 2.50. The molecule has 0 saturated carbocycles. The van der Waals surface area contributed by atoms with Crippen molar-refractivity contribution in [2.45, 2.75) is 13.5 Å². The number of para-hydroxylation sites is 1. The zero-order valence-corrected chi connectivity index (χ0v) is 12.4. The van der Waals surface area contributed by atoms with Gasteiger partial charge in [-0.15, -0.1) is 0 Å². The van der Waals surface area contributed by atoms with Crippen LogP contribution in [0.1, 0.15) is 11.3 Å². The first-order valence-electron chi connectivity index (χ1n) is 7.08. The van der Waals surface area contributed by atoms with Crippen molar-refractivity contribution in [1.29, 1.82) is 0 Å². The van der Waals surface area contributed by atoms with Crippen molar-refractivity contribution in [2.75, 3.05) is 11.9 Å². The Morgan fingerprint density at radius 2 is 1.76 bits per heavy atom. The molecule has 2 N–H and O–H groups in total. The Kier molecular flexibility index (Phi) is 3.59. The molecule has 3 nitrogen and oxygen atoms in total. The summed E-state index contributed by atoms with van der Waals surface area (Å²) in [5.74, 6) is 0. The quantitative estimate of drug-likeness (QED) is 0.792. The molecular formula is C18H19N3. The SMILES string of the molecule is Cc1ccc(N(C)c2cc(CN)nc3ccccc23)cc1. The standard InChI is InChI=1S/C18H19N3/c1-13-7-9-15(10-8-13)21(2)18-11-14(12-19)20-17-6-4-3-5-16(17)18/h3-11H,12,19H2,1-2H3. The molecule has 0 aliphatic carbocycles. The minimum Gasteiger partial charge on any atom is -0.344 e. The highest BCUT2D eigenvalue weighted by Gasteiger charge is 2.10. The molecule has 0 saturated heterocycles. The number of hydrogen-bond donors (Lipinski definition) is 1. The van der Waals surface area contributed by atoms with Crippen molar-refractivity contribution in [1.82, 2.24) is 4.98 Å². The summed E-state index contributed by atoms with van der Waals surface area (Å²) in [4.78, 5) is 6.78. The first kappa shape index (κ1) is 13.6. The number of pyridine rings is 1. The van der Waals surface area contributed by atoms with E-state index < -0.39 is 0 Å². The van der Waals surface area contributed by atoms with Crippen molar-refractivity contribution >= 4 is 22.3 Å². The van der Waals surface area contributed by atoms with Crippen LogP contribution in [-0.2, 0) is 6.54 Å². The molecule has 3 aromatic rings. The average molecular weight is 277 g/mol. The number of nitrogens with zero attached hydrogens (tertiary/aromatic N) is 2. The molecule has 0 bridgehead atoms. The van der Waals surface area contributed by atoms with E-state index in [0.717, 1.165) is 28.0 Å². The Bertz CT molecular complexity index is 763. The van der Waals surface area contributed by atoms with E-state index in [1.807, 2.05) is 18.2 Å². The second kappa shape index (κ2) is 5.54. The third kappa shape index (κ3) is 2.60. The van der Waals surface area contributed by atoms with Crippen LogP contribution in [0.2, 0.25) is 0 Å². The summed E-state index contributed by atoms with van der Waals surface area (Å²) in [5, 5.41) is 1.14. The molecule has 1 heterocycles. The van der Waals surface area contributed by atoms with Crippen molar-refractivity contribution in [3.05, 3.63) is 65.9 Å². The molecule has 2 aromatic carbocycles. The molecule has 0 fully saturated rings. The van der Waals surface area contributed by atoms with Crippen LogP contribution in [0, 0.1) is 6.92 Å². The first-order chi connectivity index (χ1) is 10.2. The van der Waals surface area contributed by atoms with E-state index in [0.29, 0.717) is 6.54 Å². The topological polar surface area (TPSA) is 42.1 Å². The lowest BCUT2D eigenvalue weighted by molar-refractivity contribution is 1.00. The third-order valence-corrected chi connectivity index (χ3v) is 3.74. The number of rotatable bonds is 3. The van der Waals surface area contributed by atoms with Crippen LogP contribution in [0.5, 0.6) is 0 Å². The van der Waals surface area contributed by atoms with Gasteiger partial charge in [-0.2, -0.15) is 0 Å². The highest BCUT2D eigenvalue weighted by molar-refractivity contribution is 5.93. The molecule has 106 valence electrons. The van der Waals surface area contributed by atoms with Crippen LogP contribution >= 0.6 is 0 Å². The molecule has 1 aromatic heterocycles. The second-order valence-electron chi connectivity index (χ2n) is 5.25. The number of anilines is 2. The number of hydrogen-bond acceptors (Lipinski definition) is 3. The first-order valence-corrected chi connectivity index (χ1v) is 7.08. The molecule has 3 rings (SSSR count). The maximum absolute atomic E-state index is 5.79. The van der Waals surface area contributed by atoms with Gasteiger partial charge in [0.2, 0.25) is 0 Å². The number of aromatic nitrogens is 1. The van der Waals surface area contributed by atoms with Crippen LogP contribution in [0.4, 0.5) is 11.4 Å². The highest BCUT2D eigenvalue weighted by Crippen LogP contribution is 2.31. The smallest absolute Gasteiger partial charge is 0.0726 e. The van der Waals surface area contributed by atoms with Crippen LogP contribution in [0.3, 0.4) is 0 Å². The molecule has 0 aliphatic heterocycles. The van der Waals surface area contributed by atoms with E-state index in [2.05, 4.69) is 60.3 Å². The molecule has 0 atom stereocenters. The van der Waals surface area contributed by atoms with E-state index in [1.54, 1.807) is 0 Å². The highest BCUT2D eigenvalue weighted by atomic mass is 15.1. The Morgan fingerprint density at radius 1 is 1.05 bits per heavy atom. The van der Waals surface area contributed by atoms with Gasteiger partial charge in [0.1, 0.15) is 0 Å². The summed E-state index contributed by atoms with van der Waals surface area (Å²) < 4.78 is 0. The maximum atomic E-state index is 5.79. The van der Waals surface area contributed by atoms with Gasteiger partial charge >= 0.3 is 0 Å². The molecule has 0 aliphatic rings. The predicted octanol–water partition coefficient (Wildman–Crippen LogP) is 3.77. The van der Waals surface area contributed by atoms with Crippen molar-refractivity contribution in [3.63, 3.8) is 0 Å². The van der Waals surface area contributed by atoms with Gasteiger partial charge in [-0.3, -0.25) is 4.98 Å². The van der Waals surface area contributed by atoms with Gasteiger partial charge < -0.3 is 10.6 Å². The van der Waals surface area contributed by atoms with Gasteiger partial charge in [-0.1, -0.05) is 35.9 Å². The molecule has 21 heavy (non-hydrogen) atoms. The zero-order chi connectivity index (χ0) is 14.8. The Morgan fingerprint density at radius 3 is 2.48 bits per heavy atom. The van der Waals surface area contributed by atoms with Gasteiger partial charge in [0.15, 0.2) is 0 Å². The van der Waals surface area contributed by atoms with Gasteiger partial charge in [0, 0.05) is 24.7 Å². The van der Waals surface area contributed by atoms with Gasteiger partial charge in [0.25, 0.3) is 0 Å². The Balaban J connectivity index is 2.16. The average Bonchev–Trinajstić information content (AvgIpc) is 2.53. The van der Waals surface area contributed by atoms with E-state index in [4.69, 9.17) is 5.73 Å². The molecule has 0 spiro atoms. The summed E-state index contributed by atoms with van der Waals surface area (Å²) in [6.07, 6.45) is 0. The van der Waals surface area contributed by atoms with Crippen molar-refractivity contribution < 1.29 is 0 Å². The summed E-state index contributed by atoms with van der Waals surface area (Å²) in [6, 6.07) is 18.8. The molecule has 0 unspecified atom stereocenters. The summed E-state index contributed by atoms with van der Waals surface area (Å²) >= 11 is 0. The normalized spacial score (nSPS) is 10.8. The van der Waals surface area contributed by atoms with Crippen LogP contribution in [0.15, 0.2) is 54.6 Å². The largest absolute Gasteiger partial charge is 0.344 e. The molecule has 0 radical (unpaired) electrons. The Hall–Kier alpha value is -2.39. The number of fused-ring (bicyclic) bond motifs is 1. The Labute approximate surface area is 125 Å². The molecule has 0 amide bonds. The zero-order valence-electron chi connectivity index (χ0n) is 12.4. The third-order valence-electron chi connectivity index (χ3n) is 3.74. The van der Waals surface area contributed by atoms with Gasteiger partial charge in [-0.25, -0.2) is 0 Å². The van der Waals surface area contributed by atoms with Gasteiger partial charge in [-0.05, 0) is 31.2 Å². The minimum atomic E-state index is 0.444. The van der Waals surface area contributed by atoms with Crippen molar-refractivity contribution in [3.8, 4) is 0 Å². The fourth-order valence-electron chi connectivity index (χ4n) is 2.50. The lowest BCUT2D eigenvalue weighted by Crippen LogP contribution is -2.12. The van der Waals surface area contributed by atoms with Crippen LogP contribution in [0.25, 0.3) is 10.9 Å². The van der Waals surface area contributed by atoms with E-state index in [1.165, 1.54) is 5.56 Å². The van der Waals surface area contributed by atoms with E-state index in [9.17, 15) is 0 Å². The summed E-state index contributed by atoms with van der Waals surface area (Å²) in [6.45, 7) is 2.54. The monoisotopic (exact) mass is 277 g/mol. The predicted molar refractivity (Wildman–Crippen MR) is 88.9 cm³/mol. The minimum absolute atomic E-state index is 0.444. The maximum Gasteiger partial charge on any atom is 0.0726 e. The fraction of sp³-hybridized carbons (Fsp3) is 0.167. The summed E-state index contributed by atoms with van der Waals surface area (Å²) in [7, 11) is 2.08. The number of benzene rings is 2. The van der Waals surface area contributed by atoms with E-state index >= 15 is 0 Å². The van der Waals surface area contributed by atoms with E-state index in [-0.39, 0.29) is 0 Å².